The second kappa shape index (κ2) is 5.46. The number of anilines is 2. The fourth-order valence-electron chi connectivity index (χ4n) is 2.10. The molecular weight excluding hydrogens is 284 g/mol. The van der Waals surface area contributed by atoms with Gasteiger partial charge in [0.15, 0.2) is 0 Å². The summed E-state index contributed by atoms with van der Waals surface area (Å²) in [6.07, 6.45) is 0. The minimum atomic E-state index is -0.138. The third kappa shape index (κ3) is 2.68. The number of fused-ring (bicyclic) bond motifs is 1. The molecule has 1 aromatic heterocycles. The summed E-state index contributed by atoms with van der Waals surface area (Å²) in [5.74, 6) is 0.454. The Morgan fingerprint density at radius 1 is 1.19 bits per heavy atom. The molecule has 0 aliphatic rings. The number of hydrogen-bond acceptors (Lipinski definition) is 4. The predicted molar refractivity (Wildman–Crippen MR) is 87.2 cm³/mol. The Morgan fingerprint density at radius 3 is 2.71 bits per heavy atom. The minimum absolute atomic E-state index is 0.138. The van der Waals surface area contributed by atoms with Crippen molar-refractivity contribution in [3.63, 3.8) is 0 Å². The van der Waals surface area contributed by atoms with Gasteiger partial charge in [0.1, 0.15) is 5.75 Å². The average Bonchev–Trinajstić information content (AvgIpc) is 2.91. The van der Waals surface area contributed by atoms with Crippen molar-refractivity contribution in [2.75, 3.05) is 18.2 Å². The summed E-state index contributed by atoms with van der Waals surface area (Å²) < 4.78 is 6.19. The van der Waals surface area contributed by atoms with Crippen LogP contribution in [0.2, 0.25) is 0 Å². The van der Waals surface area contributed by atoms with Crippen LogP contribution in [0, 0.1) is 0 Å². The molecule has 21 heavy (non-hydrogen) atoms. The van der Waals surface area contributed by atoms with Crippen LogP contribution < -0.4 is 15.8 Å². The van der Waals surface area contributed by atoms with E-state index in [1.54, 1.807) is 25.3 Å². The molecule has 0 fully saturated rings. The molecule has 0 saturated heterocycles. The Bertz CT molecular complexity index is 778. The Labute approximate surface area is 126 Å². The number of carbonyl (C=O) groups is 1. The summed E-state index contributed by atoms with van der Waals surface area (Å²) in [6, 6.07) is 15.0. The fraction of sp³-hybridized carbons (Fsp3) is 0.0625. The summed E-state index contributed by atoms with van der Waals surface area (Å²) >= 11 is 1.47. The number of nitrogens with one attached hydrogen (secondary N) is 1. The lowest BCUT2D eigenvalue weighted by Gasteiger charge is -2.08. The molecule has 5 heteroatoms. The Balaban J connectivity index is 1.84. The molecule has 0 bridgehead atoms. The molecule has 0 radical (unpaired) electrons. The topological polar surface area (TPSA) is 64.3 Å². The summed E-state index contributed by atoms with van der Waals surface area (Å²) in [5.41, 5.74) is 6.97. The molecule has 0 saturated carbocycles. The van der Waals surface area contributed by atoms with Crippen LogP contribution in [-0.4, -0.2) is 13.0 Å². The summed E-state index contributed by atoms with van der Waals surface area (Å²) in [6.45, 7) is 0. The highest BCUT2D eigenvalue weighted by molar-refractivity contribution is 7.20. The van der Waals surface area contributed by atoms with Crippen molar-refractivity contribution in [1.29, 1.82) is 0 Å². The average molecular weight is 298 g/mol. The lowest BCUT2D eigenvalue weighted by Crippen LogP contribution is -2.10. The number of carbonyl (C=O) groups excluding carboxylic acids is 1. The van der Waals surface area contributed by atoms with Gasteiger partial charge >= 0.3 is 0 Å². The van der Waals surface area contributed by atoms with E-state index < -0.39 is 0 Å². The molecule has 3 aromatic rings. The first-order chi connectivity index (χ1) is 10.2. The molecule has 0 aliphatic heterocycles. The maximum atomic E-state index is 12.3. The van der Waals surface area contributed by atoms with Crippen LogP contribution in [0.3, 0.4) is 0 Å². The molecule has 3 N–H and O–H groups in total. The molecule has 2 aromatic carbocycles. The third-order valence-electron chi connectivity index (χ3n) is 3.14. The van der Waals surface area contributed by atoms with E-state index in [1.807, 2.05) is 30.3 Å². The van der Waals surface area contributed by atoms with Crippen LogP contribution in [0.5, 0.6) is 5.75 Å². The number of benzene rings is 2. The summed E-state index contributed by atoms with van der Waals surface area (Å²) in [7, 11) is 1.56. The van der Waals surface area contributed by atoms with Crippen LogP contribution >= 0.6 is 11.3 Å². The highest BCUT2D eigenvalue weighted by Crippen LogP contribution is 2.28. The number of methoxy groups -OCH3 is 1. The maximum absolute atomic E-state index is 12.3. The van der Waals surface area contributed by atoms with Crippen molar-refractivity contribution >= 4 is 38.7 Å². The van der Waals surface area contributed by atoms with Gasteiger partial charge in [-0.2, -0.15) is 0 Å². The molecule has 3 rings (SSSR count). The predicted octanol–water partition coefficient (Wildman–Crippen LogP) is 3.74. The first-order valence-corrected chi connectivity index (χ1v) is 7.22. The molecule has 0 aliphatic carbocycles. The van der Waals surface area contributed by atoms with Gasteiger partial charge in [0.25, 0.3) is 5.91 Å². The van der Waals surface area contributed by atoms with Crippen molar-refractivity contribution in [1.82, 2.24) is 0 Å². The summed E-state index contributed by atoms with van der Waals surface area (Å²) in [5, 5.41) is 3.92. The molecule has 0 atom stereocenters. The lowest BCUT2D eigenvalue weighted by molar-refractivity contribution is 0.103. The van der Waals surface area contributed by atoms with Crippen molar-refractivity contribution < 1.29 is 9.53 Å². The first kappa shape index (κ1) is 13.5. The van der Waals surface area contributed by atoms with Crippen molar-refractivity contribution in [3.05, 3.63) is 53.4 Å². The van der Waals surface area contributed by atoms with Gasteiger partial charge < -0.3 is 15.8 Å². The smallest absolute Gasteiger partial charge is 0.265 e. The minimum Gasteiger partial charge on any atom is -0.495 e. The maximum Gasteiger partial charge on any atom is 0.265 e. The lowest BCUT2D eigenvalue weighted by atomic mass is 10.2. The molecule has 0 unspecified atom stereocenters. The van der Waals surface area contributed by atoms with Crippen LogP contribution in [0.25, 0.3) is 10.1 Å². The monoisotopic (exact) mass is 298 g/mol. The number of nitrogen functional groups attached to an aromatic ring is 1. The summed E-state index contributed by atoms with van der Waals surface area (Å²) in [4.78, 5) is 12.9. The standard InChI is InChI=1S/C16H14N2O2S/c1-20-13-7-6-11(9-12(13)17)18-16(19)15-8-10-4-2-3-5-14(10)21-15/h2-9H,17H2,1H3,(H,18,19). The van der Waals surface area contributed by atoms with Crippen LogP contribution in [0.15, 0.2) is 48.5 Å². The van der Waals surface area contributed by atoms with Crippen molar-refractivity contribution in [3.8, 4) is 5.75 Å². The highest BCUT2D eigenvalue weighted by Gasteiger charge is 2.11. The second-order valence-corrected chi connectivity index (χ2v) is 5.64. The van der Waals surface area contributed by atoms with E-state index in [0.29, 0.717) is 22.0 Å². The van der Waals surface area contributed by atoms with Gasteiger partial charge in [0, 0.05) is 10.4 Å². The molecule has 0 spiro atoms. The Kier molecular flexibility index (Phi) is 3.50. The second-order valence-electron chi connectivity index (χ2n) is 4.56. The quantitative estimate of drug-likeness (QED) is 0.724. The number of thiophene rings is 1. The zero-order valence-electron chi connectivity index (χ0n) is 11.4. The first-order valence-electron chi connectivity index (χ1n) is 6.41. The zero-order chi connectivity index (χ0) is 14.8. The van der Waals surface area contributed by atoms with Crippen molar-refractivity contribution in [2.45, 2.75) is 0 Å². The van der Waals surface area contributed by atoms with Gasteiger partial charge in [-0.15, -0.1) is 11.3 Å². The van der Waals surface area contributed by atoms with Gasteiger partial charge in [0.2, 0.25) is 0 Å². The number of nitrogens with two attached hydrogens (primary N) is 1. The zero-order valence-corrected chi connectivity index (χ0v) is 12.2. The number of hydrogen-bond donors (Lipinski definition) is 2. The third-order valence-corrected chi connectivity index (χ3v) is 4.25. The van der Waals surface area contributed by atoms with E-state index in [9.17, 15) is 4.79 Å². The van der Waals surface area contributed by atoms with Gasteiger partial charge in [-0.05, 0) is 35.7 Å². The van der Waals surface area contributed by atoms with E-state index in [0.717, 1.165) is 10.1 Å². The molecule has 106 valence electrons. The van der Waals surface area contributed by atoms with Crippen LogP contribution in [-0.2, 0) is 0 Å². The normalized spacial score (nSPS) is 10.5. The molecular formula is C16H14N2O2S. The van der Waals surface area contributed by atoms with Gasteiger partial charge in [-0.1, -0.05) is 18.2 Å². The Hall–Kier alpha value is -2.53. The van der Waals surface area contributed by atoms with Gasteiger partial charge in [0.05, 0.1) is 17.7 Å². The van der Waals surface area contributed by atoms with E-state index in [-0.39, 0.29) is 5.91 Å². The number of ether oxygens (including phenoxy) is 1. The van der Waals surface area contributed by atoms with Gasteiger partial charge in [-0.25, -0.2) is 0 Å². The van der Waals surface area contributed by atoms with Crippen LogP contribution in [0.4, 0.5) is 11.4 Å². The fourth-order valence-corrected chi connectivity index (χ4v) is 3.06. The van der Waals surface area contributed by atoms with E-state index in [2.05, 4.69) is 5.32 Å². The van der Waals surface area contributed by atoms with E-state index >= 15 is 0 Å². The van der Waals surface area contributed by atoms with E-state index in [4.69, 9.17) is 10.5 Å². The highest BCUT2D eigenvalue weighted by atomic mass is 32.1. The number of amides is 1. The number of rotatable bonds is 3. The SMILES string of the molecule is COc1ccc(NC(=O)c2cc3ccccc3s2)cc1N. The van der Waals surface area contributed by atoms with E-state index in [1.165, 1.54) is 11.3 Å². The molecule has 1 heterocycles. The van der Waals surface area contributed by atoms with Gasteiger partial charge in [-0.3, -0.25) is 4.79 Å². The molecule has 1 amide bonds. The molecule has 4 nitrogen and oxygen atoms in total. The van der Waals surface area contributed by atoms with Crippen molar-refractivity contribution in [2.24, 2.45) is 0 Å². The Morgan fingerprint density at radius 2 is 2.00 bits per heavy atom. The van der Waals surface area contributed by atoms with Crippen LogP contribution in [0.1, 0.15) is 9.67 Å². The largest absolute Gasteiger partial charge is 0.495 e.